The summed E-state index contributed by atoms with van der Waals surface area (Å²) in [6.07, 6.45) is 7.07. The first-order valence-corrected chi connectivity index (χ1v) is 5.28. The molecule has 0 radical (unpaired) electrons. The molecular formula is C11H18N2O2. The molecule has 2 atom stereocenters. The van der Waals surface area contributed by atoms with Crippen LogP contribution in [0.4, 0.5) is 0 Å². The molecule has 1 amide bonds. The first kappa shape index (κ1) is 12.0. The number of amides is 1. The van der Waals surface area contributed by atoms with Crippen LogP contribution in [0, 0.1) is 12.3 Å². The molecule has 1 heterocycles. The van der Waals surface area contributed by atoms with E-state index in [1.54, 1.807) is 0 Å². The molecular weight excluding hydrogens is 192 g/mol. The van der Waals surface area contributed by atoms with Crippen molar-refractivity contribution in [2.45, 2.75) is 31.8 Å². The van der Waals surface area contributed by atoms with E-state index < -0.39 is 0 Å². The van der Waals surface area contributed by atoms with Crippen molar-refractivity contribution in [1.29, 1.82) is 0 Å². The number of hydrogen-bond acceptors (Lipinski definition) is 3. The van der Waals surface area contributed by atoms with Crippen molar-refractivity contribution in [1.82, 2.24) is 10.2 Å². The van der Waals surface area contributed by atoms with Crippen LogP contribution >= 0.6 is 0 Å². The Morgan fingerprint density at radius 1 is 1.80 bits per heavy atom. The molecule has 84 valence electrons. The number of hydrogen-bond donors (Lipinski definition) is 2. The number of nitrogens with one attached hydrogen (secondary N) is 1. The van der Waals surface area contributed by atoms with E-state index >= 15 is 0 Å². The standard InChI is InChI=1S/C11H18N2O2/c1-3-6-12-11(15)9(2)13-7-4-5-10(13)8-14/h1,9-10,14H,4-8H2,2H3,(H,12,15)/t9?,10-/m0/s1. The fraction of sp³-hybridized carbons (Fsp3) is 0.727. The zero-order chi connectivity index (χ0) is 11.3. The van der Waals surface area contributed by atoms with Gasteiger partial charge in [0.2, 0.25) is 5.91 Å². The maximum Gasteiger partial charge on any atom is 0.237 e. The SMILES string of the molecule is C#CCNC(=O)C(C)N1CCC[C@H]1CO. The number of likely N-dealkylation sites (tertiary alicyclic amines) is 1. The Bertz CT molecular complexity index is 260. The van der Waals surface area contributed by atoms with Gasteiger partial charge in [0, 0.05) is 6.04 Å². The number of nitrogens with zero attached hydrogens (tertiary/aromatic N) is 1. The number of aliphatic hydroxyl groups is 1. The van der Waals surface area contributed by atoms with Crippen LogP contribution in [0.3, 0.4) is 0 Å². The maximum absolute atomic E-state index is 11.6. The van der Waals surface area contributed by atoms with Crippen LogP contribution in [0.5, 0.6) is 0 Å². The molecule has 0 bridgehead atoms. The zero-order valence-corrected chi connectivity index (χ0v) is 9.07. The Morgan fingerprint density at radius 3 is 3.13 bits per heavy atom. The van der Waals surface area contributed by atoms with Crippen LogP contribution in [0.25, 0.3) is 0 Å². The largest absolute Gasteiger partial charge is 0.395 e. The minimum Gasteiger partial charge on any atom is -0.395 e. The van der Waals surface area contributed by atoms with E-state index in [1.807, 2.05) is 11.8 Å². The molecule has 1 fully saturated rings. The lowest BCUT2D eigenvalue weighted by molar-refractivity contribution is -0.126. The van der Waals surface area contributed by atoms with Gasteiger partial charge in [-0.25, -0.2) is 0 Å². The summed E-state index contributed by atoms with van der Waals surface area (Å²) in [5.41, 5.74) is 0. The van der Waals surface area contributed by atoms with Crippen molar-refractivity contribution in [3.8, 4) is 12.3 Å². The Kier molecular flexibility index (Phi) is 4.60. The monoisotopic (exact) mass is 210 g/mol. The Balaban J connectivity index is 2.48. The van der Waals surface area contributed by atoms with Crippen LogP contribution in [0.1, 0.15) is 19.8 Å². The molecule has 15 heavy (non-hydrogen) atoms. The van der Waals surface area contributed by atoms with Gasteiger partial charge in [0.15, 0.2) is 0 Å². The highest BCUT2D eigenvalue weighted by atomic mass is 16.3. The van der Waals surface area contributed by atoms with Crippen molar-refractivity contribution in [3.63, 3.8) is 0 Å². The summed E-state index contributed by atoms with van der Waals surface area (Å²) in [6.45, 7) is 3.10. The summed E-state index contributed by atoms with van der Waals surface area (Å²) in [4.78, 5) is 13.7. The van der Waals surface area contributed by atoms with Crippen LogP contribution in [-0.4, -0.2) is 47.7 Å². The third-order valence-electron chi connectivity index (χ3n) is 2.88. The second kappa shape index (κ2) is 5.74. The van der Waals surface area contributed by atoms with Gasteiger partial charge in [-0.3, -0.25) is 9.69 Å². The molecule has 1 unspecified atom stereocenters. The van der Waals surface area contributed by atoms with Crippen molar-refractivity contribution < 1.29 is 9.90 Å². The molecule has 0 aromatic rings. The Hall–Kier alpha value is -1.05. The minimum atomic E-state index is -0.210. The summed E-state index contributed by atoms with van der Waals surface area (Å²) >= 11 is 0. The molecule has 1 aliphatic rings. The van der Waals surface area contributed by atoms with Gasteiger partial charge >= 0.3 is 0 Å². The molecule has 0 aliphatic carbocycles. The smallest absolute Gasteiger partial charge is 0.237 e. The highest BCUT2D eigenvalue weighted by Crippen LogP contribution is 2.19. The summed E-state index contributed by atoms with van der Waals surface area (Å²) < 4.78 is 0. The van der Waals surface area contributed by atoms with Gasteiger partial charge in [0.1, 0.15) is 0 Å². The van der Waals surface area contributed by atoms with Crippen LogP contribution in [0.2, 0.25) is 0 Å². The minimum absolute atomic E-state index is 0.0618. The first-order valence-electron chi connectivity index (χ1n) is 5.28. The van der Waals surface area contributed by atoms with Gasteiger partial charge in [-0.05, 0) is 26.3 Å². The molecule has 0 spiro atoms. The quantitative estimate of drug-likeness (QED) is 0.620. The fourth-order valence-corrected chi connectivity index (χ4v) is 2.00. The van der Waals surface area contributed by atoms with E-state index in [0.717, 1.165) is 19.4 Å². The normalized spacial score (nSPS) is 23.4. The second-order valence-corrected chi connectivity index (χ2v) is 3.81. The fourth-order valence-electron chi connectivity index (χ4n) is 2.00. The average Bonchev–Trinajstić information content (AvgIpc) is 2.72. The summed E-state index contributed by atoms with van der Waals surface area (Å²) in [7, 11) is 0. The summed E-state index contributed by atoms with van der Waals surface area (Å²) in [5, 5.41) is 11.8. The van der Waals surface area contributed by atoms with Gasteiger partial charge in [0.05, 0.1) is 19.2 Å². The lowest BCUT2D eigenvalue weighted by atomic mass is 10.2. The molecule has 0 saturated carbocycles. The van der Waals surface area contributed by atoms with E-state index in [-0.39, 0.29) is 31.1 Å². The predicted octanol–water partition coefficient (Wildman–Crippen LogP) is -0.419. The Labute approximate surface area is 90.6 Å². The molecule has 1 aliphatic heterocycles. The lowest BCUT2D eigenvalue weighted by Gasteiger charge is -2.28. The van der Waals surface area contributed by atoms with Gasteiger partial charge in [-0.15, -0.1) is 6.42 Å². The van der Waals surface area contributed by atoms with Crippen molar-refractivity contribution in [2.24, 2.45) is 0 Å². The third kappa shape index (κ3) is 2.95. The van der Waals surface area contributed by atoms with Crippen molar-refractivity contribution >= 4 is 5.91 Å². The molecule has 4 nitrogen and oxygen atoms in total. The van der Waals surface area contributed by atoms with E-state index in [0.29, 0.717) is 0 Å². The molecule has 4 heteroatoms. The molecule has 0 aromatic carbocycles. The van der Waals surface area contributed by atoms with Crippen molar-refractivity contribution in [3.05, 3.63) is 0 Å². The van der Waals surface area contributed by atoms with Crippen LogP contribution in [0.15, 0.2) is 0 Å². The van der Waals surface area contributed by atoms with Crippen molar-refractivity contribution in [2.75, 3.05) is 19.7 Å². The number of aliphatic hydroxyl groups excluding tert-OH is 1. The molecule has 0 aromatic heterocycles. The maximum atomic E-state index is 11.6. The average molecular weight is 210 g/mol. The van der Waals surface area contributed by atoms with Gasteiger partial charge in [-0.2, -0.15) is 0 Å². The van der Waals surface area contributed by atoms with Gasteiger partial charge in [-0.1, -0.05) is 5.92 Å². The number of terminal acetylenes is 1. The van der Waals surface area contributed by atoms with E-state index in [4.69, 9.17) is 11.5 Å². The van der Waals surface area contributed by atoms with E-state index in [2.05, 4.69) is 11.2 Å². The summed E-state index contributed by atoms with van der Waals surface area (Å²) in [6, 6.07) is -0.0883. The van der Waals surface area contributed by atoms with E-state index in [9.17, 15) is 4.79 Å². The summed E-state index contributed by atoms with van der Waals surface area (Å²) in [5.74, 6) is 2.31. The predicted molar refractivity (Wildman–Crippen MR) is 58.1 cm³/mol. The van der Waals surface area contributed by atoms with Gasteiger partial charge in [0.25, 0.3) is 0 Å². The second-order valence-electron chi connectivity index (χ2n) is 3.81. The van der Waals surface area contributed by atoms with Crippen LogP contribution in [-0.2, 0) is 4.79 Å². The Morgan fingerprint density at radius 2 is 2.53 bits per heavy atom. The zero-order valence-electron chi connectivity index (χ0n) is 9.07. The number of carbonyl (C=O) groups is 1. The highest BCUT2D eigenvalue weighted by Gasteiger charge is 2.31. The molecule has 2 N–H and O–H groups in total. The third-order valence-corrected chi connectivity index (χ3v) is 2.88. The van der Waals surface area contributed by atoms with Crippen LogP contribution < -0.4 is 5.32 Å². The van der Waals surface area contributed by atoms with E-state index in [1.165, 1.54) is 0 Å². The topological polar surface area (TPSA) is 52.6 Å². The lowest BCUT2D eigenvalue weighted by Crippen LogP contribution is -2.48. The van der Waals surface area contributed by atoms with Gasteiger partial charge < -0.3 is 10.4 Å². The highest BCUT2D eigenvalue weighted by molar-refractivity contribution is 5.81. The number of carbonyl (C=O) groups excluding carboxylic acids is 1. The number of rotatable bonds is 4. The molecule has 1 saturated heterocycles. The molecule has 1 rings (SSSR count). The first-order chi connectivity index (χ1) is 7.20.